The highest BCUT2D eigenvalue weighted by Crippen LogP contribution is 2.22. The first-order chi connectivity index (χ1) is 8.27. The van der Waals surface area contributed by atoms with Gasteiger partial charge in [-0.05, 0) is 36.6 Å². The second kappa shape index (κ2) is 5.35. The molecule has 0 radical (unpaired) electrons. The molecule has 5 heteroatoms. The molecule has 0 saturated heterocycles. The molecule has 0 fully saturated rings. The third kappa shape index (κ3) is 3.20. The summed E-state index contributed by atoms with van der Waals surface area (Å²) < 4.78 is 23.4. The summed E-state index contributed by atoms with van der Waals surface area (Å²) >= 11 is 0. The Bertz CT molecular complexity index is 598. The first-order valence-corrected chi connectivity index (χ1v) is 7.41. The van der Waals surface area contributed by atoms with Crippen molar-refractivity contribution in [3.63, 3.8) is 0 Å². The van der Waals surface area contributed by atoms with Crippen LogP contribution in [-0.2, 0) is 9.84 Å². The maximum atomic E-state index is 11.7. The van der Waals surface area contributed by atoms with E-state index in [1.54, 1.807) is 19.1 Å². The third-order valence-electron chi connectivity index (χ3n) is 2.52. The van der Waals surface area contributed by atoms with Crippen LogP contribution < -0.4 is 0 Å². The molecular weight excluding hydrogens is 252 g/mol. The summed E-state index contributed by atoms with van der Waals surface area (Å²) in [4.78, 5) is 11.1. The Morgan fingerprint density at radius 2 is 2.00 bits per heavy atom. The molecule has 0 aliphatic rings. The van der Waals surface area contributed by atoms with Crippen molar-refractivity contribution in [3.8, 4) is 0 Å². The molecule has 0 atom stereocenters. The highest BCUT2D eigenvalue weighted by Gasteiger charge is 2.17. The van der Waals surface area contributed by atoms with Crippen molar-refractivity contribution in [2.24, 2.45) is 0 Å². The van der Waals surface area contributed by atoms with E-state index in [0.717, 1.165) is 12.7 Å². The number of carboxylic acid groups (broad SMARTS) is 1. The first kappa shape index (κ1) is 14.4. The zero-order valence-corrected chi connectivity index (χ0v) is 11.4. The molecule has 1 N–H and O–H groups in total. The van der Waals surface area contributed by atoms with Gasteiger partial charge in [-0.2, -0.15) is 0 Å². The van der Waals surface area contributed by atoms with Crippen LogP contribution in [0.5, 0.6) is 0 Å². The average Bonchev–Trinajstić information content (AvgIpc) is 2.23. The molecule has 1 aromatic rings. The number of aromatic carboxylic acids is 1. The minimum Gasteiger partial charge on any atom is -0.478 e. The van der Waals surface area contributed by atoms with E-state index in [1.165, 1.54) is 6.07 Å². The number of hydrogen-bond donors (Lipinski definition) is 1. The molecule has 98 valence electrons. The van der Waals surface area contributed by atoms with Gasteiger partial charge < -0.3 is 5.11 Å². The van der Waals surface area contributed by atoms with Crippen LogP contribution in [0.1, 0.15) is 34.8 Å². The van der Waals surface area contributed by atoms with Crippen molar-refractivity contribution < 1.29 is 18.3 Å². The first-order valence-electron chi connectivity index (χ1n) is 5.52. The van der Waals surface area contributed by atoms with Crippen LogP contribution in [0.4, 0.5) is 0 Å². The van der Waals surface area contributed by atoms with Gasteiger partial charge in [-0.15, -0.1) is 0 Å². The van der Waals surface area contributed by atoms with Gasteiger partial charge >= 0.3 is 5.97 Å². The quantitative estimate of drug-likeness (QED) is 0.910. The monoisotopic (exact) mass is 268 g/mol. The molecule has 0 aromatic heterocycles. The molecule has 0 saturated carbocycles. The highest BCUT2D eigenvalue weighted by molar-refractivity contribution is 7.90. The molecule has 0 spiro atoms. The SMILES string of the molecule is CCC=Cc1cc(C)c(C(=O)O)cc1S(C)(=O)=O. The predicted octanol–water partition coefficient (Wildman–Crippen LogP) is 2.52. The van der Waals surface area contributed by atoms with Crippen LogP contribution in [0, 0.1) is 6.92 Å². The molecule has 0 aliphatic carbocycles. The maximum absolute atomic E-state index is 11.7. The Hall–Kier alpha value is -1.62. The van der Waals surface area contributed by atoms with Gasteiger partial charge in [0.05, 0.1) is 10.5 Å². The van der Waals surface area contributed by atoms with E-state index < -0.39 is 15.8 Å². The average molecular weight is 268 g/mol. The fraction of sp³-hybridized carbons (Fsp3) is 0.308. The smallest absolute Gasteiger partial charge is 0.335 e. The topological polar surface area (TPSA) is 71.4 Å². The number of aryl methyl sites for hydroxylation is 1. The normalized spacial score (nSPS) is 11.9. The second-order valence-corrected chi connectivity index (χ2v) is 6.08. The van der Waals surface area contributed by atoms with Crippen LogP contribution in [0.15, 0.2) is 23.1 Å². The second-order valence-electron chi connectivity index (χ2n) is 4.09. The van der Waals surface area contributed by atoms with Crippen molar-refractivity contribution in [1.82, 2.24) is 0 Å². The number of hydrogen-bond acceptors (Lipinski definition) is 3. The van der Waals surface area contributed by atoms with E-state index in [0.29, 0.717) is 11.1 Å². The van der Waals surface area contributed by atoms with Crippen LogP contribution in [-0.4, -0.2) is 25.7 Å². The minimum absolute atomic E-state index is 0.0177. The Morgan fingerprint density at radius 1 is 1.39 bits per heavy atom. The zero-order chi connectivity index (χ0) is 13.9. The largest absolute Gasteiger partial charge is 0.478 e. The van der Waals surface area contributed by atoms with Gasteiger partial charge in [0.15, 0.2) is 9.84 Å². The number of rotatable bonds is 4. The summed E-state index contributed by atoms with van der Waals surface area (Å²) in [7, 11) is -3.45. The number of carbonyl (C=O) groups is 1. The van der Waals surface area contributed by atoms with E-state index in [-0.39, 0.29) is 10.5 Å². The molecule has 4 nitrogen and oxygen atoms in total. The van der Waals surface area contributed by atoms with Crippen LogP contribution in [0.3, 0.4) is 0 Å². The Kier molecular flexibility index (Phi) is 4.29. The lowest BCUT2D eigenvalue weighted by Gasteiger charge is -2.08. The maximum Gasteiger partial charge on any atom is 0.335 e. The van der Waals surface area contributed by atoms with Gasteiger partial charge in [0.2, 0.25) is 0 Å². The lowest BCUT2D eigenvalue weighted by Crippen LogP contribution is -2.06. The van der Waals surface area contributed by atoms with E-state index in [1.807, 2.05) is 13.0 Å². The molecule has 0 unspecified atom stereocenters. The highest BCUT2D eigenvalue weighted by atomic mass is 32.2. The van der Waals surface area contributed by atoms with Gasteiger partial charge in [0.1, 0.15) is 0 Å². The molecule has 0 aliphatic heterocycles. The van der Waals surface area contributed by atoms with Gasteiger partial charge in [-0.1, -0.05) is 19.1 Å². The molecule has 1 rings (SSSR count). The van der Waals surface area contributed by atoms with Crippen molar-refractivity contribution in [1.29, 1.82) is 0 Å². The van der Waals surface area contributed by atoms with Crippen LogP contribution >= 0.6 is 0 Å². The van der Waals surface area contributed by atoms with Crippen LogP contribution in [0.25, 0.3) is 6.08 Å². The lowest BCUT2D eigenvalue weighted by atomic mass is 10.0. The number of carboxylic acids is 1. The molecule has 0 heterocycles. The fourth-order valence-corrected chi connectivity index (χ4v) is 2.52. The van der Waals surface area contributed by atoms with Crippen molar-refractivity contribution in [3.05, 3.63) is 34.9 Å². The summed E-state index contributed by atoms with van der Waals surface area (Å²) in [6, 6.07) is 2.81. The Morgan fingerprint density at radius 3 is 2.44 bits per heavy atom. The summed E-state index contributed by atoms with van der Waals surface area (Å²) in [5, 5.41) is 9.01. The van der Waals surface area contributed by atoms with Crippen LogP contribution in [0.2, 0.25) is 0 Å². The lowest BCUT2D eigenvalue weighted by molar-refractivity contribution is 0.0696. The van der Waals surface area contributed by atoms with E-state index >= 15 is 0 Å². The zero-order valence-electron chi connectivity index (χ0n) is 10.6. The van der Waals surface area contributed by atoms with Crippen molar-refractivity contribution in [2.45, 2.75) is 25.2 Å². The number of allylic oxidation sites excluding steroid dienone is 1. The molecule has 0 amide bonds. The predicted molar refractivity (Wildman–Crippen MR) is 70.6 cm³/mol. The summed E-state index contributed by atoms with van der Waals surface area (Å²) in [6.45, 7) is 3.59. The summed E-state index contributed by atoms with van der Waals surface area (Å²) in [5.41, 5.74) is 1.09. The summed E-state index contributed by atoms with van der Waals surface area (Å²) in [5.74, 6) is -1.12. The van der Waals surface area contributed by atoms with Gasteiger partial charge in [-0.3, -0.25) is 0 Å². The summed E-state index contributed by atoms with van der Waals surface area (Å²) in [6.07, 6.45) is 5.40. The molecule has 1 aromatic carbocycles. The Labute approximate surface area is 107 Å². The Balaban J connectivity index is 3.57. The minimum atomic E-state index is -3.45. The standard InChI is InChI=1S/C13H16O4S/c1-4-5-6-10-7-9(2)11(13(14)15)8-12(10)18(3,16)17/h5-8H,4H2,1-3H3,(H,14,15). The molecule has 0 bridgehead atoms. The fourth-order valence-electron chi connectivity index (χ4n) is 1.64. The van der Waals surface area contributed by atoms with Gasteiger partial charge in [0.25, 0.3) is 0 Å². The van der Waals surface area contributed by atoms with Gasteiger partial charge in [0, 0.05) is 6.26 Å². The van der Waals surface area contributed by atoms with Crippen molar-refractivity contribution >= 4 is 21.9 Å². The van der Waals surface area contributed by atoms with Crippen molar-refractivity contribution in [2.75, 3.05) is 6.26 Å². The number of sulfone groups is 1. The number of benzene rings is 1. The van der Waals surface area contributed by atoms with Gasteiger partial charge in [-0.25, -0.2) is 13.2 Å². The molecule has 18 heavy (non-hydrogen) atoms. The van der Waals surface area contributed by atoms with E-state index in [2.05, 4.69) is 0 Å². The van der Waals surface area contributed by atoms with E-state index in [9.17, 15) is 13.2 Å². The van der Waals surface area contributed by atoms with E-state index in [4.69, 9.17) is 5.11 Å². The third-order valence-corrected chi connectivity index (χ3v) is 3.67. The molecular formula is C13H16O4S.